The summed E-state index contributed by atoms with van der Waals surface area (Å²) < 4.78 is 0. The second kappa shape index (κ2) is 5.20. The van der Waals surface area contributed by atoms with Gasteiger partial charge in [0.2, 0.25) is 0 Å². The van der Waals surface area contributed by atoms with E-state index in [-0.39, 0.29) is 11.6 Å². The van der Waals surface area contributed by atoms with Crippen LogP contribution in [0.3, 0.4) is 0 Å². The highest BCUT2D eigenvalue weighted by molar-refractivity contribution is 5.20. The van der Waals surface area contributed by atoms with Gasteiger partial charge in [0.25, 0.3) is 5.56 Å². The number of nitrogens with one attached hydrogen (secondary N) is 2. The van der Waals surface area contributed by atoms with E-state index in [2.05, 4.69) is 27.2 Å². The van der Waals surface area contributed by atoms with Crippen LogP contribution in [0.5, 0.6) is 0 Å². The second-order valence-electron chi connectivity index (χ2n) is 5.29. The highest BCUT2D eigenvalue weighted by Gasteiger charge is 2.23. The molecule has 0 aromatic carbocycles. The first-order valence-electron chi connectivity index (χ1n) is 6.49. The van der Waals surface area contributed by atoms with Gasteiger partial charge in [0.1, 0.15) is 5.82 Å². The molecule has 0 bridgehead atoms. The largest absolute Gasteiger partial charge is 0.310 e. The van der Waals surface area contributed by atoms with E-state index < -0.39 is 0 Å². The summed E-state index contributed by atoms with van der Waals surface area (Å²) in [5, 5.41) is 3.52. The van der Waals surface area contributed by atoms with Gasteiger partial charge in [-0.2, -0.15) is 0 Å². The summed E-state index contributed by atoms with van der Waals surface area (Å²) in [6, 6.07) is 0.503. The molecule has 2 N–H and O–H groups in total. The molecular weight excluding hydrogens is 228 g/mol. The molecule has 1 aromatic heterocycles. The average molecular weight is 250 g/mol. The molecule has 1 saturated heterocycles. The van der Waals surface area contributed by atoms with Crippen LogP contribution in [0.4, 0.5) is 0 Å². The number of aromatic amines is 1. The third-order valence-corrected chi connectivity index (χ3v) is 3.57. The van der Waals surface area contributed by atoms with Crippen LogP contribution >= 0.6 is 0 Å². The van der Waals surface area contributed by atoms with E-state index in [4.69, 9.17) is 0 Å². The van der Waals surface area contributed by atoms with Crippen LogP contribution in [0, 0.1) is 13.8 Å². The van der Waals surface area contributed by atoms with Crippen molar-refractivity contribution in [2.45, 2.75) is 39.3 Å². The molecule has 2 atom stereocenters. The minimum absolute atomic E-state index is 0.0219. The summed E-state index contributed by atoms with van der Waals surface area (Å²) in [7, 11) is 2.12. The van der Waals surface area contributed by atoms with Crippen molar-refractivity contribution < 1.29 is 0 Å². The van der Waals surface area contributed by atoms with Crippen LogP contribution in [-0.4, -0.2) is 41.0 Å². The number of rotatable bonds is 3. The molecule has 2 heterocycles. The summed E-state index contributed by atoms with van der Waals surface area (Å²) in [6.45, 7) is 7.90. The third kappa shape index (κ3) is 2.79. The molecule has 5 nitrogen and oxygen atoms in total. The fourth-order valence-electron chi connectivity index (χ4n) is 2.75. The lowest BCUT2D eigenvalue weighted by Crippen LogP contribution is -2.36. The number of aryl methyl sites for hydroxylation is 2. The lowest BCUT2D eigenvalue weighted by atomic mass is 10.1. The Kier molecular flexibility index (Phi) is 3.82. The monoisotopic (exact) mass is 250 g/mol. The van der Waals surface area contributed by atoms with Crippen molar-refractivity contribution in [2.75, 3.05) is 20.1 Å². The summed E-state index contributed by atoms with van der Waals surface area (Å²) in [5.41, 5.74) is 1.56. The predicted molar refractivity (Wildman–Crippen MR) is 71.8 cm³/mol. The minimum Gasteiger partial charge on any atom is -0.310 e. The summed E-state index contributed by atoms with van der Waals surface area (Å²) in [4.78, 5) is 21.4. The Balaban J connectivity index is 2.14. The first-order valence-corrected chi connectivity index (χ1v) is 6.49. The molecule has 18 heavy (non-hydrogen) atoms. The molecule has 100 valence electrons. The van der Waals surface area contributed by atoms with E-state index in [0.717, 1.165) is 30.8 Å². The van der Waals surface area contributed by atoms with Crippen LogP contribution < -0.4 is 10.9 Å². The van der Waals surface area contributed by atoms with Gasteiger partial charge < -0.3 is 15.2 Å². The van der Waals surface area contributed by atoms with Gasteiger partial charge in [-0.05, 0) is 40.8 Å². The third-order valence-electron chi connectivity index (χ3n) is 3.57. The van der Waals surface area contributed by atoms with Crippen molar-refractivity contribution in [1.29, 1.82) is 0 Å². The van der Waals surface area contributed by atoms with Crippen molar-refractivity contribution in [2.24, 2.45) is 0 Å². The van der Waals surface area contributed by atoms with Gasteiger partial charge in [0.05, 0.1) is 5.56 Å². The van der Waals surface area contributed by atoms with Gasteiger partial charge >= 0.3 is 0 Å². The second-order valence-corrected chi connectivity index (χ2v) is 5.29. The standard InChI is InChI=1S/C13H22N4O/c1-8-12(13(18)16-10(3)14-8)9(2)15-11-5-6-17(4)7-11/h9,11,15H,5-7H2,1-4H3,(H,14,16,18). The molecular formula is C13H22N4O. The van der Waals surface area contributed by atoms with Gasteiger partial charge in [-0.1, -0.05) is 0 Å². The Hall–Kier alpha value is -1.20. The Morgan fingerprint density at radius 1 is 1.50 bits per heavy atom. The molecule has 0 amide bonds. The van der Waals surface area contributed by atoms with Crippen LogP contribution in [-0.2, 0) is 0 Å². The van der Waals surface area contributed by atoms with E-state index in [0.29, 0.717) is 11.9 Å². The highest BCUT2D eigenvalue weighted by atomic mass is 16.1. The number of hydrogen-bond acceptors (Lipinski definition) is 4. The quantitative estimate of drug-likeness (QED) is 0.830. The van der Waals surface area contributed by atoms with Gasteiger partial charge in [0, 0.05) is 24.3 Å². The first-order chi connectivity index (χ1) is 8.47. The maximum Gasteiger partial charge on any atom is 0.255 e. The van der Waals surface area contributed by atoms with Crippen molar-refractivity contribution in [1.82, 2.24) is 20.2 Å². The highest BCUT2D eigenvalue weighted by Crippen LogP contribution is 2.15. The van der Waals surface area contributed by atoms with Crippen molar-refractivity contribution in [3.05, 3.63) is 27.4 Å². The Morgan fingerprint density at radius 3 is 2.78 bits per heavy atom. The van der Waals surface area contributed by atoms with Crippen molar-refractivity contribution in [3.63, 3.8) is 0 Å². The lowest BCUT2D eigenvalue weighted by molar-refractivity contribution is 0.386. The summed E-state index contributed by atoms with van der Waals surface area (Å²) in [6.07, 6.45) is 1.14. The molecule has 0 saturated carbocycles. The lowest BCUT2D eigenvalue weighted by Gasteiger charge is -2.20. The number of likely N-dealkylation sites (N-methyl/N-ethyl adjacent to an activating group) is 1. The van der Waals surface area contributed by atoms with E-state index in [1.54, 1.807) is 0 Å². The van der Waals surface area contributed by atoms with E-state index in [9.17, 15) is 4.79 Å². The topological polar surface area (TPSA) is 61.0 Å². The number of nitrogens with zero attached hydrogens (tertiary/aromatic N) is 2. The maximum absolute atomic E-state index is 12.0. The van der Waals surface area contributed by atoms with Gasteiger partial charge in [0.15, 0.2) is 0 Å². The van der Waals surface area contributed by atoms with Gasteiger partial charge in [-0.15, -0.1) is 0 Å². The molecule has 2 rings (SSSR count). The molecule has 5 heteroatoms. The van der Waals surface area contributed by atoms with Crippen LogP contribution in [0.2, 0.25) is 0 Å². The minimum atomic E-state index is -0.0219. The van der Waals surface area contributed by atoms with E-state index in [1.165, 1.54) is 0 Å². The maximum atomic E-state index is 12.0. The normalized spacial score (nSPS) is 22.3. The van der Waals surface area contributed by atoms with Crippen molar-refractivity contribution >= 4 is 0 Å². The van der Waals surface area contributed by atoms with Crippen molar-refractivity contribution in [3.8, 4) is 0 Å². The molecule has 1 aliphatic heterocycles. The molecule has 1 aromatic rings. The molecule has 1 fully saturated rings. The number of likely N-dealkylation sites (tertiary alicyclic amines) is 1. The van der Waals surface area contributed by atoms with Crippen LogP contribution in [0.1, 0.15) is 36.5 Å². The van der Waals surface area contributed by atoms with E-state index >= 15 is 0 Å². The van der Waals surface area contributed by atoms with Gasteiger partial charge in [-0.25, -0.2) is 4.98 Å². The predicted octanol–water partition coefficient (Wildman–Crippen LogP) is 0.741. The number of hydrogen-bond donors (Lipinski definition) is 2. The number of H-pyrrole nitrogens is 1. The summed E-state index contributed by atoms with van der Waals surface area (Å²) in [5.74, 6) is 0.675. The van der Waals surface area contributed by atoms with Crippen LogP contribution in [0.25, 0.3) is 0 Å². The zero-order valence-electron chi connectivity index (χ0n) is 11.6. The Labute approximate surface area is 108 Å². The molecule has 0 aliphatic carbocycles. The fourth-order valence-corrected chi connectivity index (χ4v) is 2.75. The summed E-state index contributed by atoms with van der Waals surface area (Å²) >= 11 is 0. The zero-order chi connectivity index (χ0) is 13.3. The zero-order valence-corrected chi connectivity index (χ0v) is 11.6. The van der Waals surface area contributed by atoms with E-state index in [1.807, 2.05) is 20.8 Å². The Bertz CT molecular complexity index is 482. The Morgan fingerprint density at radius 2 is 2.22 bits per heavy atom. The first kappa shape index (κ1) is 13.2. The molecule has 2 unspecified atom stereocenters. The molecule has 0 spiro atoms. The average Bonchev–Trinajstić information content (AvgIpc) is 2.62. The SMILES string of the molecule is Cc1nc(C)c(C(C)NC2CCN(C)C2)c(=O)[nH]1. The van der Waals surface area contributed by atoms with Gasteiger partial charge in [-0.3, -0.25) is 4.79 Å². The number of aromatic nitrogens is 2. The molecule has 0 radical (unpaired) electrons. The fraction of sp³-hybridized carbons (Fsp3) is 0.692. The van der Waals surface area contributed by atoms with Crippen LogP contribution in [0.15, 0.2) is 4.79 Å². The molecule has 1 aliphatic rings. The smallest absolute Gasteiger partial charge is 0.255 e.